The van der Waals surface area contributed by atoms with Crippen LogP contribution >= 0.6 is 12.1 Å². The van der Waals surface area contributed by atoms with Crippen molar-refractivity contribution >= 4 is 41.0 Å². The van der Waals surface area contributed by atoms with Crippen molar-refractivity contribution in [2.24, 2.45) is 4.40 Å². The first kappa shape index (κ1) is 24.1. The van der Waals surface area contributed by atoms with Gasteiger partial charge in [-0.2, -0.15) is 5.10 Å². The second-order valence-corrected chi connectivity index (χ2v) is 8.16. The van der Waals surface area contributed by atoms with E-state index >= 15 is 0 Å². The first-order valence-corrected chi connectivity index (χ1v) is 11.1. The van der Waals surface area contributed by atoms with Crippen LogP contribution in [0.5, 0.6) is 5.75 Å². The van der Waals surface area contributed by atoms with Crippen LogP contribution < -0.4 is 14.8 Å². The van der Waals surface area contributed by atoms with Crippen LogP contribution in [0.2, 0.25) is 0 Å². The van der Waals surface area contributed by atoms with E-state index in [4.69, 9.17) is 0 Å². The molecule has 7 nitrogen and oxygen atoms in total. The molecule has 1 heterocycles. The van der Waals surface area contributed by atoms with E-state index < -0.39 is 6.36 Å². The van der Waals surface area contributed by atoms with Crippen LogP contribution in [0.25, 0.3) is 16.6 Å². The fraction of sp³-hybridized carbons (Fsp3) is 0.125. The Hall–Kier alpha value is -3.99. The van der Waals surface area contributed by atoms with E-state index in [0.29, 0.717) is 5.69 Å². The third kappa shape index (κ3) is 6.12. The van der Waals surface area contributed by atoms with E-state index in [1.807, 2.05) is 50.2 Å². The molecule has 0 spiro atoms. The van der Waals surface area contributed by atoms with Gasteiger partial charge in [0.05, 0.1) is 29.5 Å². The quantitative estimate of drug-likeness (QED) is 0.240. The molecule has 0 radical (unpaired) electrons. The predicted octanol–water partition coefficient (Wildman–Crippen LogP) is 6.34. The van der Waals surface area contributed by atoms with Gasteiger partial charge in [-0.3, -0.25) is 4.72 Å². The number of nitrogens with zero attached hydrogens (tertiary/aromatic N) is 3. The summed E-state index contributed by atoms with van der Waals surface area (Å²) < 4.78 is 49.4. The van der Waals surface area contributed by atoms with Crippen molar-refractivity contribution in [3.63, 3.8) is 0 Å². The first-order valence-electron chi connectivity index (χ1n) is 10.4. The van der Waals surface area contributed by atoms with E-state index in [2.05, 4.69) is 24.3 Å². The number of rotatable bonds is 6. The van der Waals surface area contributed by atoms with E-state index in [0.717, 1.165) is 45.4 Å². The lowest BCUT2D eigenvalue weighted by Crippen LogP contribution is -2.23. The van der Waals surface area contributed by atoms with Crippen LogP contribution in [0.3, 0.4) is 0 Å². The predicted molar refractivity (Wildman–Crippen MR) is 131 cm³/mol. The molecule has 2 amide bonds. The summed E-state index contributed by atoms with van der Waals surface area (Å²) in [6.07, 6.45) is -1.49. The van der Waals surface area contributed by atoms with Crippen molar-refractivity contribution in [1.29, 1.82) is 0 Å². The molecule has 35 heavy (non-hydrogen) atoms. The maximum atomic E-state index is 12.4. The van der Waals surface area contributed by atoms with Gasteiger partial charge in [-0.25, -0.2) is 13.9 Å². The van der Waals surface area contributed by atoms with Crippen LogP contribution in [0, 0.1) is 13.8 Å². The standard InChI is InChI=1S/C24H20F3N5O2S/c1-15-4-3-5-16(2)22(15)30-23(33)31-35-29-13-17-6-11-21-18(12-17)14-28-32(21)19-7-9-20(10-8-19)34-24(25,26)27/h3-14H,1-2H3,(H2,30,31,33)/b29-13+. The molecular weight excluding hydrogens is 479 g/mol. The number of anilines is 1. The van der Waals surface area contributed by atoms with E-state index in [1.54, 1.807) is 17.1 Å². The average Bonchev–Trinajstić information content (AvgIpc) is 3.22. The molecule has 2 N–H and O–H groups in total. The van der Waals surface area contributed by atoms with Crippen molar-refractivity contribution in [3.8, 4) is 11.4 Å². The highest BCUT2D eigenvalue weighted by molar-refractivity contribution is 7.96. The number of carbonyl (C=O) groups is 1. The molecule has 0 atom stereocenters. The molecule has 4 aromatic rings. The SMILES string of the molecule is Cc1cccc(C)c1NC(=O)NS/N=C/c1ccc2c(cnn2-c2ccc(OC(F)(F)F)cc2)c1. The van der Waals surface area contributed by atoms with Gasteiger partial charge >= 0.3 is 12.4 Å². The first-order chi connectivity index (χ1) is 16.7. The number of hydrogen-bond donors (Lipinski definition) is 2. The summed E-state index contributed by atoms with van der Waals surface area (Å²) in [6.45, 7) is 3.84. The number of urea groups is 1. The second-order valence-electron chi connectivity index (χ2n) is 7.57. The minimum Gasteiger partial charge on any atom is -0.406 e. The van der Waals surface area contributed by atoms with Gasteiger partial charge < -0.3 is 10.1 Å². The zero-order valence-corrected chi connectivity index (χ0v) is 19.4. The van der Waals surface area contributed by atoms with Crippen LogP contribution in [-0.4, -0.2) is 28.4 Å². The van der Waals surface area contributed by atoms with Gasteiger partial charge in [0, 0.05) is 17.3 Å². The van der Waals surface area contributed by atoms with Gasteiger partial charge in [0.25, 0.3) is 0 Å². The molecule has 0 bridgehead atoms. The highest BCUT2D eigenvalue weighted by atomic mass is 32.2. The number of nitrogens with one attached hydrogen (secondary N) is 2. The Bertz CT molecular complexity index is 1360. The summed E-state index contributed by atoms with van der Waals surface area (Å²) in [5, 5.41) is 7.95. The normalized spacial score (nSPS) is 11.7. The van der Waals surface area contributed by atoms with Gasteiger partial charge in [-0.15, -0.1) is 13.2 Å². The lowest BCUT2D eigenvalue weighted by molar-refractivity contribution is -0.274. The minimum atomic E-state index is -4.74. The monoisotopic (exact) mass is 499 g/mol. The summed E-state index contributed by atoms with van der Waals surface area (Å²) >= 11 is 0.894. The smallest absolute Gasteiger partial charge is 0.406 e. The van der Waals surface area contributed by atoms with Crippen molar-refractivity contribution in [2.75, 3.05) is 5.32 Å². The number of carbonyl (C=O) groups excluding carboxylic acids is 1. The van der Waals surface area contributed by atoms with Crippen LogP contribution in [0.15, 0.2) is 71.3 Å². The molecule has 0 saturated carbocycles. The molecule has 0 aliphatic heterocycles. The number of amides is 2. The zero-order chi connectivity index (χ0) is 25.0. The van der Waals surface area contributed by atoms with Gasteiger partial charge in [-0.1, -0.05) is 24.3 Å². The van der Waals surface area contributed by atoms with Crippen LogP contribution in [0.4, 0.5) is 23.7 Å². The molecule has 0 aliphatic rings. The Morgan fingerprint density at radius 1 is 1.09 bits per heavy atom. The maximum Gasteiger partial charge on any atom is 0.573 e. The molecule has 1 aromatic heterocycles. The van der Waals surface area contributed by atoms with Crippen molar-refractivity contribution in [1.82, 2.24) is 14.5 Å². The van der Waals surface area contributed by atoms with Gasteiger partial charge in [-0.05, 0) is 66.9 Å². The number of alkyl halides is 3. The third-order valence-electron chi connectivity index (χ3n) is 5.02. The number of halogens is 3. The summed E-state index contributed by atoms with van der Waals surface area (Å²) in [5.74, 6) is -0.301. The molecule has 0 saturated heterocycles. The fourth-order valence-corrected chi connectivity index (χ4v) is 3.79. The highest BCUT2D eigenvalue weighted by Gasteiger charge is 2.31. The number of para-hydroxylation sites is 1. The second kappa shape index (κ2) is 10.1. The summed E-state index contributed by atoms with van der Waals surface area (Å²) in [4.78, 5) is 12.1. The van der Waals surface area contributed by atoms with Gasteiger partial charge in [0.2, 0.25) is 0 Å². The van der Waals surface area contributed by atoms with Gasteiger partial charge in [0.1, 0.15) is 5.75 Å². The molecular formula is C24H20F3N5O2S. The number of benzene rings is 3. The lowest BCUT2D eigenvalue weighted by atomic mass is 10.1. The number of ether oxygens (including phenoxy) is 1. The van der Waals surface area contributed by atoms with Crippen LogP contribution in [-0.2, 0) is 0 Å². The topological polar surface area (TPSA) is 80.5 Å². The number of aromatic nitrogens is 2. The summed E-state index contributed by atoms with van der Waals surface area (Å²) in [7, 11) is 0. The van der Waals surface area contributed by atoms with Crippen molar-refractivity contribution in [2.45, 2.75) is 20.2 Å². The Balaban J connectivity index is 1.38. The highest BCUT2D eigenvalue weighted by Crippen LogP contribution is 2.25. The Labute approximate surface area is 203 Å². The summed E-state index contributed by atoms with van der Waals surface area (Å²) in [5.41, 5.74) is 4.84. The molecule has 0 fully saturated rings. The Morgan fingerprint density at radius 2 is 1.80 bits per heavy atom. The lowest BCUT2D eigenvalue weighted by Gasteiger charge is -2.10. The minimum absolute atomic E-state index is 0.301. The Morgan fingerprint density at radius 3 is 2.49 bits per heavy atom. The molecule has 3 aromatic carbocycles. The third-order valence-corrected chi connectivity index (χ3v) is 5.51. The van der Waals surface area contributed by atoms with Crippen molar-refractivity contribution in [3.05, 3.63) is 83.6 Å². The molecule has 180 valence electrons. The maximum absolute atomic E-state index is 12.4. The molecule has 4 rings (SSSR count). The number of fused-ring (bicyclic) bond motifs is 1. The summed E-state index contributed by atoms with van der Waals surface area (Å²) in [6, 6.07) is 16.4. The largest absolute Gasteiger partial charge is 0.573 e. The van der Waals surface area contributed by atoms with Crippen molar-refractivity contribution < 1.29 is 22.7 Å². The Kier molecular flexibility index (Phi) is 6.97. The van der Waals surface area contributed by atoms with Crippen LogP contribution in [0.1, 0.15) is 16.7 Å². The van der Waals surface area contributed by atoms with E-state index in [-0.39, 0.29) is 11.8 Å². The van der Waals surface area contributed by atoms with E-state index in [9.17, 15) is 18.0 Å². The fourth-order valence-electron chi connectivity index (χ4n) is 3.43. The average molecular weight is 500 g/mol. The number of hydrogen-bond acceptors (Lipinski definition) is 5. The molecule has 0 unspecified atom stereocenters. The molecule has 0 aliphatic carbocycles. The zero-order valence-electron chi connectivity index (χ0n) is 18.6. The van der Waals surface area contributed by atoms with E-state index in [1.165, 1.54) is 24.3 Å². The molecule has 11 heteroatoms. The number of aryl methyl sites for hydroxylation is 2. The van der Waals surface area contributed by atoms with Gasteiger partial charge in [0.15, 0.2) is 0 Å².